The first-order valence-corrected chi connectivity index (χ1v) is 10.3. The van der Waals surface area contributed by atoms with Crippen molar-refractivity contribution in [1.29, 1.82) is 0 Å². The van der Waals surface area contributed by atoms with Crippen LogP contribution in [0.15, 0.2) is 78.9 Å². The number of carbonyl (C=O) groups excluding carboxylic acids is 1. The molecule has 0 aliphatic heterocycles. The second-order valence-corrected chi connectivity index (χ2v) is 7.73. The zero-order chi connectivity index (χ0) is 21.8. The van der Waals surface area contributed by atoms with Crippen LogP contribution in [0.1, 0.15) is 18.8 Å². The van der Waals surface area contributed by atoms with Crippen molar-refractivity contribution in [1.82, 2.24) is 14.5 Å². The van der Waals surface area contributed by atoms with E-state index >= 15 is 0 Å². The van der Waals surface area contributed by atoms with E-state index in [0.29, 0.717) is 12.3 Å². The van der Waals surface area contributed by atoms with Gasteiger partial charge < -0.3 is 19.5 Å². The lowest BCUT2D eigenvalue weighted by molar-refractivity contribution is -0.118. The molecular weight excluding hydrogens is 388 g/mol. The van der Waals surface area contributed by atoms with E-state index in [1.165, 1.54) is 0 Å². The summed E-state index contributed by atoms with van der Waals surface area (Å²) in [5, 5.41) is 3.01. The lowest BCUT2D eigenvalue weighted by Crippen LogP contribution is -2.26. The van der Waals surface area contributed by atoms with Crippen LogP contribution in [0.2, 0.25) is 0 Å². The van der Waals surface area contributed by atoms with Crippen LogP contribution in [-0.4, -0.2) is 34.5 Å². The highest BCUT2D eigenvalue weighted by Crippen LogP contribution is 2.25. The van der Waals surface area contributed by atoms with Gasteiger partial charge in [0, 0.05) is 5.69 Å². The van der Waals surface area contributed by atoms with Gasteiger partial charge in [-0.3, -0.25) is 4.79 Å². The number of imidazole rings is 1. The number of fused-ring (bicyclic) bond motifs is 1. The van der Waals surface area contributed by atoms with Crippen LogP contribution in [0.4, 0.5) is 5.69 Å². The Hall–Kier alpha value is -3.64. The van der Waals surface area contributed by atoms with Crippen molar-refractivity contribution < 1.29 is 9.53 Å². The Morgan fingerprint density at radius 3 is 2.32 bits per heavy atom. The average Bonchev–Trinajstić information content (AvgIpc) is 3.12. The molecule has 1 heterocycles. The highest BCUT2D eigenvalue weighted by atomic mass is 16.5. The predicted octanol–water partition coefficient (Wildman–Crippen LogP) is 5.09. The number of benzene rings is 3. The van der Waals surface area contributed by atoms with Crippen molar-refractivity contribution in [3.05, 3.63) is 84.7 Å². The van der Waals surface area contributed by atoms with E-state index in [1.54, 1.807) is 0 Å². The number of nitrogens with zero attached hydrogens (tertiary/aromatic N) is 3. The summed E-state index contributed by atoms with van der Waals surface area (Å²) in [5.74, 6) is 2.25. The van der Waals surface area contributed by atoms with Gasteiger partial charge in [0.2, 0.25) is 5.91 Å². The molecule has 31 heavy (non-hydrogen) atoms. The van der Waals surface area contributed by atoms with Crippen molar-refractivity contribution in [3.63, 3.8) is 0 Å². The van der Waals surface area contributed by atoms with E-state index in [-0.39, 0.29) is 5.91 Å². The molecule has 0 radical (unpaired) electrons. The maximum absolute atomic E-state index is 13.1. The maximum Gasteiger partial charge on any atom is 0.247 e. The van der Waals surface area contributed by atoms with Gasteiger partial charge >= 0.3 is 0 Å². The molecule has 1 N–H and O–H groups in total. The van der Waals surface area contributed by atoms with Crippen LogP contribution < -0.4 is 10.1 Å². The molecular formula is C25H26N4O2. The number of ether oxygens (including phenoxy) is 1. The van der Waals surface area contributed by atoms with Crippen molar-refractivity contribution in [2.75, 3.05) is 19.4 Å². The summed E-state index contributed by atoms with van der Waals surface area (Å²) in [6.45, 7) is 2.55. The topological polar surface area (TPSA) is 59.4 Å². The Bertz CT molecular complexity index is 1170. The van der Waals surface area contributed by atoms with Crippen molar-refractivity contribution in [2.45, 2.75) is 19.5 Å². The maximum atomic E-state index is 13.1. The summed E-state index contributed by atoms with van der Waals surface area (Å²) in [5.41, 5.74) is 2.56. The number of nitrogens with one attached hydrogen (secondary N) is 1. The Balaban J connectivity index is 1.51. The molecule has 158 valence electrons. The summed E-state index contributed by atoms with van der Waals surface area (Å²) in [7, 11) is 3.99. The molecule has 6 nitrogen and oxygen atoms in total. The minimum absolute atomic E-state index is 0.0973. The standard InChI is InChI=1S/C25H26N4O2/c1-18(29-23-12-8-7-11-22(23)27-24(29)17-28(2)3)25(30)26-19-13-15-21(16-14-19)31-20-9-5-4-6-10-20/h4-16,18H,17H2,1-3H3,(H,26,30). The van der Waals surface area contributed by atoms with E-state index in [2.05, 4.69) is 5.32 Å². The minimum Gasteiger partial charge on any atom is -0.457 e. The van der Waals surface area contributed by atoms with Crippen LogP contribution in [0.3, 0.4) is 0 Å². The van der Waals surface area contributed by atoms with Gasteiger partial charge in [-0.15, -0.1) is 0 Å². The number of amides is 1. The summed E-state index contributed by atoms with van der Waals surface area (Å²) in [6, 6.07) is 24.5. The van der Waals surface area contributed by atoms with Gasteiger partial charge in [-0.1, -0.05) is 30.3 Å². The zero-order valence-electron chi connectivity index (χ0n) is 17.9. The molecule has 0 saturated carbocycles. The largest absolute Gasteiger partial charge is 0.457 e. The Morgan fingerprint density at radius 2 is 1.61 bits per heavy atom. The van der Waals surface area contributed by atoms with Gasteiger partial charge in [-0.2, -0.15) is 0 Å². The number of aromatic nitrogens is 2. The Kier molecular flexibility index (Phi) is 6.00. The smallest absolute Gasteiger partial charge is 0.247 e. The van der Waals surface area contributed by atoms with Gasteiger partial charge in [0.05, 0.1) is 17.6 Å². The number of anilines is 1. The van der Waals surface area contributed by atoms with E-state index in [1.807, 2.05) is 109 Å². The average molecular weight is 415 g/mol. The van der Waals surface area contributed by atoms with E-state index in [0.717, 1.165) is 28.3 Å². The predicted molar refractivity (Wildman–Crippen MR) is 123 cm³/mol. The van der Waals surface area contributed by atoms with Crippen molar-refractivity contribution >= 4 is 22.6 Å². The van der Waals surface area contributed by atoms with Crippen molar-refractivity contribution in [2.24, 2.45) is 0 Å². The molecule has 1 amide bonds. The fraction of sp³-hybridized carbons (Fsp3) is 0.200. The van der Waals surface area contributed by atoms with Crippen LogP contribution in [-0.2, 0) is 11.3 Å². The Morgan fingerprint density at radius 1 is 0.968 bits per heavy atom. The highest BCUT2D eigenvalue weighted by Gasteiger charge is 2.22. The molecule has 1 aromatic heterocycles. The molecule has 0 bridgehead atoms. The normalized spacial score (nSPS) is 12.1. The van der Waals surface area contributed by atoms with Crippen LogP contribution >= 0.6 is 0 Å². The van der Waals surface area contributed by atoms with Gasteiger partial charge in [-0.25, -0.2) is 4.98 Å². The van der Waals surface area contributed by atoms with Gasteiger partial charge in [0.15, 0.2) is 0 Å². The fourth-order valence-corrected chi connectivity index (χ4v) is 3.52. The molecule has 0 aliphatic carbocycles. The molecule has 1 atom stereocenters. The van der Waals surface area contributed by atoms with Gasteiger partial charge in [0.1, 0.15) is 23.4 Å². The summed E-state index contributed by atoms with van der Waals surface area (Å²) < 4.78 is 7.83. The lowest BCUT2D eigenvalue weighted by atomic mass is 10.2. The van der Waals surface area contributed by atoms with Crippen LogP contribution in [0.25, 0.3) is 11.0 Å². The molecule has 0 fully saturated rings. The molecule has 0 spiro atoms. The number of carbonyl (C=O) groups is 1. The second-order valence-electron chi connectivity index (χ2n) is 7.73. The monoisotopic (exact) mass is 414 g/mol. The number of para-hydroxylation sites is 3. The fourth-order valence-electron chi connectivity index (χ4n) is 3.52. The molecule has 1 unspecified atom stereocenters. The van der Waals surface area contributed by atoms with Crippen molar-refractivity contribution in [3.8, 4) is 11.5 Å². The third-order valence-electron chi connectivity index (χ3n) is 4.99. The quantitative estimate of drug-likeness (QED) is 0.458. The third-order valence-corrected chi connectivity index (χ3v) is 4.99. The van der Waals surface area contributed by atoms with Crippen LogP contribution in [0, 0.1) is 0 Å². The number of hydrogen-bond acceptors (Lipinski definition) is 4. The second kappa shape index (κ2) is 9.02. The van der Waals surface area contributed by atoms with E-state index in [4.69, 9.17) is 9.72 Å². The summed E-state index contributed by atoms with van der Waals surface area (Å²) in [4.78, 5) is 19.9. The zero-order valence-corrected chi connectivity index (χ0v) is 17.9. The van der Waals surface area contributed by atoms with E-state index < -0.39 is 6.04 Å². The Labute approximate surface area is 182 Å². The highest BCUT2D eigenvalue weighted by molar-refractivity contribution is 5.94. The van der Waals surface area contributed by atoms with Gasteiger partial charge in [0.25, 0.3) is 0 Å². The lowest BCUT2D eigenvalue weighted by Gasteiger charge is -2.19. The number of rotatable bonds is 7. The summed E-state index contributed by atoms with van der Waals surface area (Å²) >= 11 is 0. The SMILES string of the molecule is CC(C(=O)Nc1ccc(Oc2ccccc2)cc1)n1c(CN(C)C)nc2ccccc21. The first kappa shape index (κ1) is 20.6. The van der Waals surface area contributed by atoms with Crippen LogP contribution in [0.5, 0.6) is 11.5 Å². The molecule has 4 aromatic rings. The molecule has 4 rings (SSSR count). The van der Waals surface area contributed by atoms with E-state index in [9.17, 15) is 4.79 Å². The third kappa shape index (κ3) is 4.75. The first-order valence-electron chi connectivity index (χ1n) is 10.3. The molecule has 0 saturated heterocycles. The minimum atomic E-state index is -0.414. The molecule has 3 aromatic carbocycles. The molecule has 0 aliphatic rings. The summed E-state index contributed by atoms with van der Waals surface area (Å²) in [6.07, 6.45) is 0. The van der Waals surface area contributed by atoms with Gasteiger partial charge in [-0.05, 0) is 69.6 Å². The molecule has 6 heteroatoms. The number of hydrogen-bond donors (Lipinski definition) is 1. The first-order chi connectivity index (χ1) is 15.0.